The Hall–Kier alpha value is -1.02. The number of hydrogen-bond donors (Lipinski definition) is 2. The van der Waals surface area contributed by atoms with E-state index in [0.717, 1.165) is 0 Å². The summed E-state index contributed by atoms with van der Waals surface area (Å²) in [4.78, 5) is 0.204. The molecule has 0 radical (unpaired) electrons. The number of ether oxygens (including phenoxy) is 1. The zero-order chi connectivity index (χ0) is 13.9. The van der Waals surface area contributed by atoms with Gasteiger partial charge in [-0.05, 0) is 12.0 Å². The molecule has 0 bridgehead atoms. The Kier molecular flexibility index (Phi) is 4.51. The van der Waals surface area contributed by atoms with Crippen LogP contribution in [0.1, 0.15) is 17.5 Å². The van der Waals surface area contributed by atoms with Crippen LogP contribution < -0.4 is 10.5 Å². The third-order valence-electron chi connectivity index (χ3n) is 2.90. The molecule has 1 aromatic carbocycles. The summed E-state index contributed by atoms with van der Waals surface area (Å²) in [6, 6.07) is 6.86. The van der Waals surface area contributed by atoms with Gasteiger partial charge in [-0.25, -0.2) is 13.1 Å². The van der Waals surface area contributed by atoms with Gasteiger partial charge in [0.05, 0.1) is 12.4 Å². The predicted octanol–water partition coefficient (Wildman–Crippen LogP) is 0.529. The molecule has 19 heavy (non-hydrogen) atoms. The number of nitrogens with one attached hydrogen (secondary N) is 1. The minimum atomic E-state index is -3.42. The lowest BCUT2D eigenvalue weighted by atomic mass is 10.1. The lowest BCUT2D eigenvalue weighted by molar-refractivity contribution is 0.192. The van der Waals surface area contributed by atoms with E-state index >= 15 is 0 Å². The van der Waals surface area contributed by atoms with Gasteiger partial charge in [0.2, 0.25) is 10.0 Å². The average molecular weight is 300 g/mol. The number of nitrogens with two attached hydrogens (primary N) is 1. The van der Waals surface area contributed by atoms with Crippen LogP contribution in [0.5, 0.6) is 0 Å². The molecule has 0 aliphatic carbocycles. The topological polar surface area (TPSA) is 81.4 Å². The molecule has 1 atom stereocenters. The maximum absolute atomic E-state index is 12.1. The molecule has 1 aliphatic heterocycles. The summed E-state index contributed by atoms with van der Waals surface area (Å²) in [6.45, 7) is 1.02. The second kappa shape index (κ2) is 5.96. The fourth-order valence-electron chi connectivity index (χ4n) is 2.01. The Morgan fingerprint density at radius 2 is 2.21 bits per heavy atom. The highest BCUT2D eigenvalue weighted by molar-refractivity contribution is 7.88. The van der Waals surface area contributed by atoms with E-state index in [4.69, 9.17) is 22.7 Å². The normalized spacial score (nSPS) is 19.5. The van der Waals surface area contributed by atoms with Crippen LogP contribution in [0.4, 0.5) is 0 Å². The van der Waals surface area contributed by atoms with Crippen LogP contribution in [0.25, 0.3) is 0 Å². The second-order valence-corrected chi connectivity index (χ2v) is 6.65. The summed E-state index contributed by atoms with van der Waals surface area (Å²) in [7, 11) is -3.42. The Balaban J connectivity index is 2.13. The van der Waals surface area contributed by atoms with Crippen molar-refractivity contribution in [2.45, 2.75) is 18.2 Å². The highest BCUT2D eigenvalue weighted by atomic mass is 32.2. The number of hydrogen-bond acceptors (Lipinski definition) is 4. The van der Waals surface area contributed by atoms with Crippen molar-refractivity contribution in [2.24, 2.45) is 5.73 Å². The van der Waals surface area contributed by atoms with Gasteiger partial charge in [-0.2, -0.15) is 0 Å². The van der Waals surface area contributed by atoms with Crippen molar-refractivity contribution >= 4 is 27.2 Å². The molecule has 0 saturated carbocycles. The molecule has 1 aromatic rings. The standard InChI is InChI=1S/C12H16N2O3S2/c13-12(18)11-4-2-1-3-9(11)8-19(15,16)14-10-5-6-17-7-10/h1-4,10,14H,5-8H2,(H2,13,18). The van der Waals surface area contributed by atoms with Gasteiger partial charge in [0, 0.05) is 18.2 Å². The van der Waals surface area contributed by atoms with Gasteiger partial charge in [0.1, 0.15) is 4.99 Å². The number of sulfonamides is 1. The zero-order valence-corrected chi connectivity index (χ0v) is 12.0. The summed E-state index contributed by atoms with van der Waals surface area (Å²) in [6.07, 6.45) is 0.705. The van der Waals surface area contributed by atoms with E-state index in [1.807, 2.05) is 0 Å². The maximum Gasteiger partial charge on any atom is 0.216 e. The second-order valence-electron chi connectivity index (χ2n) is 4.46. The van der Waals surface area contributed by atoms with Crippen molar-refractivity contribution in [3.8, 4) is 0 Å². The molecule has 0 spiro atoms. The summed E-state index contributed by atoms with van der Waals surface area (Å²) in [5.41, 5.74) is 6.81. The molecule has 1 saturated heterocycles. The summed E-state index contributed by atoms with van der Waals surface area (Å²) in [5, 5.41) is 0. The highest BCUT2D eigenvalue weighted by Crippen LogP contribution is 2.13. The monoisotopic (exact) mass is 300 g/mol. The van der Waals surface area contributed by atoms with E-state index in [1.165, 1.54) is 0 Å². The van der Waals surface area contributed by atoms with Gasteiger partial charge >= 0.3 is 0 Å². The van der Waals surface area contributed by atoms with Crippen molar-refractivity contribution in [1.82, 2.24) is 4.72 Å². The predicted molar refractivity (Wildman–Crippen MR) is 77.3 cm³/mol. The molecular weight excluding hydrogens is 284 g/mol. The molecule has 1 heterocycles. The summed E-state index contributed by atoms with van der Waals surface area (Å²) in [5.74, 6) is -0.128. The minimum absolute atomic E-state index is 0.128. The van der Waals surface area contributed by atoms with E-state index in [0.29, 0.717) is 30.8 Å². The molecule has 1 aliphatic rings. The number of thiocarbonyl (C=S) groups is 1. The Bertz CT molecular complexity index is 566. The fourth-order valence-corrected chi connectivity index (χ4v) is 3.65. The van der Waals surface area contributed by atoms with E-state index in [2.05, 4.69) is 4.72 Å². The van der Waals surface area contributed by atoms with Crippen LogP contribution in [0.2, 0.25) is 0 Å². The van der Waals surface area contributed by atoms with Crippen LogP contribution in [-0.4, -0.2) is 32.7 Å². The number of benzene rings is 1. The Morgan fingerprint density at radius 1 is 1.47 bits per heavy atom. The van der Waals surface area contributed by atoms with Gasteiger partial charge in [0.25, 0.3) is 0 Å². The Morgan fingerprint density at radius 3 is 2.84 bits per heavy atom. The van der Waals surface area contributed by atoms with Gasteiger partial charge in [-0.15, -0.1) is 0 Å². The van der Waals surface area contributed by atoms with Gasteiger partial charge < -0.3 is 10.5 Å². The number of rotatable bonds is 5. The van der Waals surface area contributed by atoms with E-state index in [-0.39, 0.29) is 16.8 Å². The van der Waals surface area contributed by atoms with Gasteiger partial charge in [0.15, 0.2) is 0 Å². The molecule has 1 fully saturated rings. The fraction of sp³-hybridized carbons (Fsp3) is 0.417. The molecule has 7 heteroatoms. The Labute approximate surface area is 118 Å². The SMILES string of the molecule is NC(=S)c1ccccc1CS(=O)(=O)NC1CCOC1. The van der Waals surface area contributed by atoms with Crippen LogP contribution in [0, 0.1) is 0 Å². The minimum Gasteiger partial charge on any atom is -0.389 e. The van der Waals surface area contributed by atoms with E-state index in [9.17, 15) is 8.42 Å². The molecule has 3 N–H and O–H groups in total. The van der Waals surface area contributed by atoms with E-state index in [1.54, 1.807) is 24.3 Å². The molecule has 0 amide bonds. The molecule has 5 nitrogen and oxygen atoms in total. The third kappa shape index (κ3) is 3.97. The van der Waals surface area contributed by atoms with Crippen LogP contribution in [0.15, 0.2) is 24.3 Å². The first-order valence-electron chi connectivity index (χ1n) is 5.93. The molecule has 0 aromatic heterocycles. The lowest BCUT2D eigenvalue weighted by Crippen LogP contribution is -2.36. The van der Waals surface area contributed by atoms with Gasteiger partial charge in [-0.1, -0.05) is 36.5 Å². The van der Waals surface area contributed by atoms with Crippen LogP contribution >= 0.6 is 12.2 Å². The van der Waals surface area contributed by atoms with Crippen molar-refractivity contribution in [2.75, 3.05) is 13.2 Å². The summed E-state index contributed by atoms with van der Waals surface area (Å²) >= 11 is 4.92. The third-order valence-corrected chi connectivity index (χ3v) is 4.51. The van der Waals surface area contributed by atoms with Crippen molar-refractivity contribution < 1.29 is 13.2 Å². The first kappa shape index (κ1) is 14.4. The first-order valence-corrected chi connectivity index (χ1v) is 7.99. The molecular formula is C12H16N2O3S2. The van der Waals surface area contributed by atoms with Crippen LogP contribution in [-0.2, 0) is 20.5 Å². The van der Waals surface area contributed by atoms with Crippen molar-refractivity contribution in [3.05, 3.63) is 35.4 Å². The largest absolute Gasteiger partial charge is 0.389 e. The van der Waals surface area contributed by atoms with Crippen molar-refractivity contribution in [3.63, 3.8) is 0 Å². The van der Waals surface area contributed by atoms with E-state index < -0.39 is 10.0 Å². The average Bonchev–Trinajstić information content (AvgIpc) is 2.80. The van der Waals surface area contributed by atoms with Crippen molar-refractivity contribution in [1.29, 1.82) is 0 Å². The maximum atomic E-state index is 12.1. The highest BCUT2D eigenvalue weighted by Gasteiger charge is 2.23. The summed E-state index contributed by atoms with van der Waals surface area (Å²) < 4.78 is 31.9. The molecule has 104 valence electrons. The lowest BCUT2D eigenvalue weighted by Gasteiger charge is -2.13. The van der Waals surface area contributed by atoms with Crippen LogP contribution in [0.3, 0.4) is 0 Å². The zero-order valence-electron chi connectivity index (χ0n) is 10.3. The smallest absolute Gasteiger partial charge is 0.216 e. The van der Waals surface area contributed by atoms with Gasteiger partial charge in [-0.3, -0.25) is 0 Å². The molecule has 2 rings (SSSR count). The quantitative estimate of drug-likeness (QED) is 0.775. The molecule has 1 unspecified atom stereocenters. The first-order chi connectivity index (χ1) is 8.98.